The maximum Gasteiger partial charge on any atom is 0.270 e. The zero-order valence-corrected chi connectivity index (χ0v) is 14.2. The summed E-state index contributed by atoms with van der Waals surface area (Å²) < 4.78 is 0. The van der Waals surface area contributed by atoms with Gasteiger partial charge in [-0.2, -0.15) is 5.26 Å². The zero-order valence-electron chi connectivity index (χ0n) is 13.4. The Morgan fingerprint density at radius 2 is 1.96 bits per heavy atom. The number of nitro benzene ring substituents is 1. The SMILES string of the molecule is N#Cc1c(NC(=O)c2ccc([N+](=O)[O-])cc2C(=O)[O-])sc2c1CCCC2. The number of aromatic carboxylic acids is 1. The first kappa shape index (κ1) is 17.6. The summed E-state index contributed by atoms with van der Waals surface area (Å²) in [6, 6.07) is 5.00. The molecule has 8 nitrogen and oxygen atoms in total. The van der Waals surface area contributed by atoms with Crippen molar-refractivity contribution in [2.24, 2.45) is 0 Å². The number of nitrogens with zero attached hydrogens (tertiary/aromatic N) is 2. The molecule has 0 saturated carbocycles. The van der Waals surface area contributed by atoms with Gasteiger partial charge in [-0.1, -0.05) is 0 Å². The van der Waals surface area contributed by atoms with Gasteiger partial charge in [0.25, 0.3) is 11.6 Å². The van der Waals surface area contributed by atoms with Crippen LogP contribution in [-0.4, -0.2) is 16.8 Å². The molecule has 0 radical (unpaired) electrons. The number of carboxylic acid groups (broad SMARTS) is 1. The summed E-state index contributed by atoms with van der Waals surface area (Å²) in [7, 11) is 0. The molecule has 0 aliphatic heterocycles. The minimum Gasteiger partial charge on any atom is -0.545 e. The van der Waals surface area contributed by atoms with Crippen LogP contribution >= 0.6 is 11.3 Å². The van der Waals surface area contributed by atoms with Crippen LogP contribution in [0.4, 0.5) is 10.7 Å². The van der Waals surface area contributed by atoms with E-state index in [1.54, 1.807) is 0 Å². The van der Waals surface area contributed by atoms with E-state index in [0.717, 1.165) is 54.3 Å². The van der Waals surface area contributed by atoms with Gasteiger partial charge in [0.2, 0.25) is 0 Å². The highest BCUT2D eigenvalue weighted by molar-refractivity contribution is 7.16. The Morgan fingerprint density at radius 3 is 2.62 bits per heavy atom. The number of benzene rings is 1. The van der Waals surface area contributed by atoms with Crippen molar-refractivity contribution < 1.29 is 19.6 Å². The van der Waals surface area contributed by atoms with Crippen LogP contribution in [0.3, 0.4) is 0 Å². The number of anilines is 1. The highest BCUT2D eigenvalue weighted by Gasteiger charge is 2.23. The number of fused-ring (bicyclic) bond motifs is 1. The Labute approximate surface area is 151 Å². The third kappa shape index (κ3) is 3.14. The molecule has 0 atom stereocenters. The molecule has 1 aromatic heterocycles. The van der Waals surface area contributed by atoms with E-state index in [2.05, 4.69) is 11.4 Å². The van der Waals surface area contributed by atoms with Gasteiger partial charge in [0.15, 0.2) is 0 Å². The van der Waals surface area contributed by atoms with Gasteiger partial charge in [0, 0.05) is 28.1 Å². The van der Waals surface area contributed by atoms with Crippen molar-refractivity contribution in [2.75, 3.05) is 5.32 Å². The Kier molecular flexibility index (Phi) is 4.69. The molecule has 1 amide bonds. The van der Waals surface area contributed by atoms with E-state index in [-0.39, 0.29) is 5.56 Å². The number of thiophene rings is 1. The average Bonchev–Trinajstić information content (AvgIpc) is 2.97. The second-order valence-electron chi connectivity index (χ2n) is 5.76. The van der Waals surface area contributed by atoms with E-state index in [4.69, 9.17) is 0 Å². The molecule has 1 aliphatic carbocycles. The van der Waals surface area contributed by atoms with Gasteiger partial charge in [-0.15, -0.1) is 11.3 Å². The first-order chi connectivity index (χ1) is 12.4. The Balaban J connectivity index is 1.97. The maximum atomic E-state index is 12.5. The molecule has 0 spiro atoms. The summed E-state index contributed by atoms with van der Waals surface area (Å²) in [5, 5.41) is 34.4. The number of nitrogens with one attached hydrogen (secondary N) is 1. The maximum absolute atomic E-state index is 12.5. The third-order valence-corrected chi connectivity index (χ3v) is 5.40. The molecule has 2 aromatic rings. The molecule has 1 heterocycles. The van der Waals surface area contributed by atoms with E-state index < -0.39 is 28.1 Å². The summed E-state index contributed by atoms with van der Waals surface area (Å²) in [4.78, 5) is 34.9. The number of hydrogen-bond acceptors (Lipinski definition) is 7. The number of amides is 1. The fourth-order valence-corrected chi connectivity index (χ4v) is 4.19. The number of aryl methyl sites for hydroxylation is 1. The molecule has 1 N–H and O–H groups in total. The fourth-order valence-electron chi connectivity index (χ4n) is 2.96. The number of carbonyl (C=O) groups excluding carboxylic acids is 2. The molecular weight excluding hydrogens is 358 g/mol. The molecule has 9 heteroatoms. The normalized spacial score (nSPS) is 12.7. The highest BCUT2D eigenvalue weighted by Crippen LogP contribution is 2.37. The van der Waals surface area contributed by atoms with E-state index in [1.807, 2.05) is 0 Å². The van der Waals surface area contributed by atoms with Crippen LogP contribution < -0.4 is 10.4 Å². The molecule has 1 aromatic carbocycles. The van der Waals surface area contributed by atoms with Crippen LogP contribution in [-0.2, 0) is 12.8 Å². The van der Waals surface area contributed by atoms with Crippen LogP contribution in [0.2, 0.25) is 0 Å². The summed E-state index contributed by atoms with van der Waals surface area (Å²) in [5.41, 5.74) is 0.0466. The standard InChI is InChI=1S/C17H13N3O5S/c18-8-13-10-3-1-2-4-14(10)26-16(13)19-15(21)11-6-5-9(20(24)25)7-12(11)17(22)23/h5-7H,1-4H2,(H,19,21)(H,22,23)/p-1. The average molecular weight is 370 g/mol. The fraction of sp³-hybridized carbons (Fsp3) is 0.235. The number of non-ortho nitro benzene ring substituents is 1. The van der Waals surface area contributed by atoms with Crippen LogP contribution in [0.15, 0.2) is 18.2 Å². The van der Waals surface area contributed by atoms with Gasteiger partial charge >= 0.3 is 0 Å². The first-order valence-electron chi connectivity index (χ1n) is 7.78. The van der Waals surface area contributed by atoms with Crippen LogP contribution in [0.1, 0.15) is 49.6 Å². The van der Waals surface area contributed by atoms with Gasteiger partial charge in [-0.3, -0.25) is 14.9 Å². The van der Waals surface area contributed by atoms with Crippen molar-refractivity contribution in [3.05, 3.63) is 55.4 Å². The van der Waals surface area contributed by atoms with Crippen molar-refractivity contribution in [1.82, 2.24) is 0 Å². The zero-order chi connectivity index (χ0) is 18.8. The minimum absolute atomic E-state index is 0.258. The number of carbonyl (C=O) groups is 2. The monoisotopic (exact) mass is 370 g/mol. The van der Waals surface area contributed by atoms with E-state index in [0.29, 0.717) is 10.6 Å². The Hall–Kier alpha value is -3.25. The van der Waals surface area contributed by atoms with E-state index >= 15 is 0 Å². The van der Waals surface area contributed by atoms with Gasteiger partial charge < -0.3 is 15.2 Å². The summed E-state index contributed by atoms with van der Waals surface area (Å²) >= 11 is 1.31. The molecule has 26 heavy (non-hydrogen) atoms. The lowest BCUT2D eigenvalue weighted by molar-refractivity contribution is -0.385. The van der Waals surface area contributed by atoms with Gasteiger partial charge in [-0.05, 0) is 37.3 Å². The van der Waals surface area contributed by atoms with Crippen LogP contribution in [0.5, 0.6) is 0 Å². The molecule has 0 fully saturated rings. The molecule has 1 aliphatic rings. The smallest absolute Gasteiger partial charge is 0.270 e. The van der Waals surface area contributed by atoms with Crippen LogP contribution in [0, 0.1) is 21.4 Å². The molecule has 0 unspecified atom stereocenters. The second kappa shape index (κ2) is 6.93. The largest absolute Gasteiger partial charge is 0.545 e. The summed E-state index contributed by atoms with van der Waals surface area (Å²) in [6.07, 6.45) is 3.60. The molecule has 0 saturated heterocycles. The number of carboxylic acids is 1. The second-order valence-corrected chi connectivity index (χ2v) is 6.86. The lowest BCUT2D eigenvalue weighted by Crippen LogP contribution is -2.26. The molecular formula is C17H12N3O5S-. The van der Waals surface area contributed by atoms with Crippen molar-refractivity contribution in [3.63, 3.8) is 0 Å². The van der Waals surface area contributed by atoms with E-state index in [9.17, 15) is 30.1 Å². The Morgan fingerprint density at radius 1 is 1.23 bits per heavy atom. The van der Waals surface area contributed by atoms with Crippen molar-refractivity contribution in [2.45, 2.75) is 25.7 Å². The topological polar surface area (TPSA) is 136 Å². The molecule has 0 bridgehead atoms. The lowest BCUT2D eigenvalue weighted by Gasteiger charge is -2.10. The van der Waals surface area contributed by atoms with Crippen molar-refractivity contribution in [1.29, 1.82) is 5.26 Å². The van der Waals surface area contributed by atoms with E-state index in [1.165, 1.54) is 11.3 Å². The quantitative estimate of drug-likeness (QED) is 0.646. The number of nitriles is 1. The molecule has 132 valence electrons. The lowest BCUT2D eigenvalue weighted by atomic mass is 9.96. The van der Waals surface area contributed by atoms with Gasteiger partial charge in [0.05, 0.1) is 16.5 Å². The minimum atomic E-state index is -1.69. The van der Waals surface area contributed by atoms with Gasteiger partial charge in [0.1, 0.15) is 11.1 Å². The van der Waals surface area contributed by atoms with Crippen molar-refractivity contribution >= 4 is 33.9 Å². The number of nitro groups is 1. The molecule has 3 rings (SSSR count). The summed E-state index contributed by atoms with van der Waals surface area (Å²) in [6.45, 7) is 0. The Bertz CT molecular complexity index is 974. The summed E-state index contributed by atoms with van der Waals surface area (Å²) in [5.74, 6) is -2.45. The first-order valence-corrected chi connectivity index (χ1v) is 8.59. The van der Waals surface area contributed by atoms with Gasteiger partial charge in [-0.25, -0.2) is 0 Å². The number of hydrogen-bond donors (Lipinski definition) is 1. The predicted molar refractivity (Wildman–Crippen MR) is 91.1 cm³/mol. The van der Waals surface area contributed by atoms with Crippen molar-refractivity contribution in [3.8, 4) is 6.07 Å². The van der Waals surface area contributed by atoms with Crippen LogP contribution in [0.25, 0.3) is 0 Å². The number of rotatable bonds is 4. The predicted octanol–water partition coefficient (Wildman–Crippen LogP) is 2.02. The highest BCUT2D eigenvalue weighted by atomic mass is 32.1. The third-order valence-electron chi connectivity index (χ3n) is 4.19.